The predicted molar refractivity (Wildman–Crippen MR) is 140 cm³/mol. The average Bonchev–Trinajstić information content (AvgIpc) is 3.32. The highest BCUT2D eigenvalue weighted by atomic mass is 79.9. The molecule has 4 aromatic rings. The summed E-state index contributed by atoms with van der Waals surface area (Å²) in [5.74, 6) is 0.910. The van der Waals surface area contributed by atoms with E-state index in [2.05, 4.69) is 91.8 Å². The van der Waals surface area contributed by atoms with Crippen LogP contribution in [0.15, 0.2) is 77.5 Å². The number of benzene rings is 1. The fourth-order valence-corrected chi connectivity index (χ4v) is 5.25. The minimum Gasteiger partial charge on any atom is -0.351 e. The first-order valence-electron chi connectivity index (χ1n) is 10.8. The Bertz CT molecular complexity index is 1320. The van der Waals surface area contributed by atoms with Crippen LogP contribution >= 0.6 is 28.1 Å². The zero-order chi connectivity index (χ0) is 23.1. The van der Waals surface area contributed by atoms with Gasteiger partial charge in [0.2, 0.25) is 0 Å². The molecule has 1 saturated heterocycles. The number of rotatable bonds is 4. The molecule has 0 radical (unpaired) electrons. The zero-order valence-corrected chi connectivity index (χ0v) is 21.1. The lowest BCUT2D eigenvalue weighted by atomic mass is 9.96. The molecule has 33 heavy (non-hydrogen) atoms. The Labute approximate surface area is 207 Å². The van der Waals surface area contributed by atoms with Gasteiger partial charge in [-0.05, 0) is 92.6 Å². The maximum absolute atomic E-state index is 5.89. The van der Waals surface area contributed by atoms with Crippen molar-refractivity contribution >= 4 is 38.9 Å². The summed E-state index contributed by atoms with van der Waals surface area (Å²) in [5, 5.41) is 4.25. The van der Waals surface area contributed by atoms with Gasteiger partial charge in [0.25, 0.3) is 0 Å². The van der Waals surface area contributed by atoms with Crippen LogP contribution in [0.25, 0.3) is 5.82 Å². The van der Waals surface area contributed by atoms with Gasteiger partial charge in [0, 0.05) is 33.9 Å². The van der Waals surface area contributed by atoms with E-state index in [4.69, 9.17) is 12.2 Å². The summed E-state index contributed by atoms with van der Waals surface area (Å²) in [6.45, 7) is 6.37. The highest BCUT2D eigenvalue weighted by Gasteiger charge is 2.42. The molecule has 0 amide bonds. The normalized spacial score (nSPS) is 17.9. The Morgan fingerprint density at radius 1 is 0.939 bits per heavy atom. The quantitative estimate of drug-likeness (QED) is 0.329. The molecule has 2 atom stereocenters. The molecule has 166 valence electrons. The van der Waals surface area contributed by atoms with E-state index in [-0.39, 0.29) is 12.1 Å². The molecule has 0 aliphatic carbocycles. The number of nitrogens with zero attached hydrogens (tertiary/aromatic N) is 4. The third-order valence-electron chi connectivity index (χ3n) is 6.19. The third-order valence-corrected chi connectivity index (χ3v) is 7.39. The monoisotopic (exact) mass is 517 g/mol. The second-order valence-corrected chi connectivity index (χ2v) is 9.52. The molecule has 7 heteroatoms. The van der Waals surface area contributed by atoms with Gasteiger partial charge >= 0.3 is 0 Å². The molecule has 3 aromatic heterocycles. The first-order chi connectivity index (χ1) is 16.0. The number of thiocarbonyl (C=S) groups is 1. The van der Waals surface area contributed by atoms with Crippen molar-refractivity contribution in [1.82, 2.24) is 19.9 Å². The predicted octanol–water partition coefficient (Wildman–Crippen LogP) is 6.13. The van der Waals surface area contributed by atoms with Crippen molar-refractivity contribution in [2.45, 2.75) is 32.9 Å². The van der Waals surface area contributed by atoms with Gasteiger partial charge in [-0.1, -0.05) is 28.1 Å². The van der Waals surface area contributed by atoms with Crippen LogP contribution in [-0.2, 0) is 0 Å². The number of nitrogens with one attached hydrogen (secondary N) is 1. The smallest absolute Gasteiger partial charge is 0.174 e. The molecular formula is C26H24BrN5S. The van der Waals surface area contributed by atoms with Gasteiger partial charge in [0.05, 0.1) is 17.8 Å². The second kappa shape index (κ2) is 8.72. The Hall–Kier alpha value is -3.03. The van der Waals surface area contributed by atoms with E-state index < -0.39 is 0 Å². The molecule has 1 aliphatic rings. The first-order valence-corrected chi connectivity index (χ1v) is 12.0. The van der Waals surface area contributed by atoms with Gasteiger partial charge in [-0.3, -0.25) is 4.98 Å². The Balaban J connectivity index is 1.69. The topological polar surface area (TPSA) is 46.0 Å². The molecule has 2 unspecified atom stereocenters. The van der Waals surface area contributed by atoms with Crippen molar-refractivity contribution in [3.8, 4) is 5.82 Å². The Kier molecular flexibility index (Phi) is 5.76. The molecular weight excluding hydrogens is 494 g/mol. The molecule has 5 nitrogen and oxygen atoms in total. The summed E-state index contributed by atoms with van der Waals surface area (Å²) in [6.07, 6.45) is 3.66. The van der Waals surface area contributed by atoms with Gasteiger partial charge in [0.1, 0.15) is 5.82 Å². The van der Waals surface area contributed by atoms with Crippen molar-refractivity contribution in [3.05, 3.63) is 106 Å². The Morgan fingerprint density at radius 2 is 1.70 bits per heavy atom. The van der Waals surface area contributed by atoms with E-state index in [0.717, 1.165) is 38.6 Å². The molecule has 1 N–H and O–H groups in total. The minimum atomic E-state index is -0.0830. The van der Waals surface area contributed by atoms with Crippen molar-refractivity contribution < 1.29 is 0 Å². The summed E-state index contributed by atoms with van der Waals surface area (Å²) in [5.41, 5.74) is 6.65. The third kappa shape index (κ3) is 3.85. The standard InChI is InChI=1S/C26H24BrN5S/c1-16-14-19(10-11-21(16)27)32-25(24(30-26(32)33)22-8-4-6-12-28-22)20-15-17(2)31(18(20)3)23-9-5-7-13-29-23/h4-15,24-25H,1-3H3,(H,30,33). The van der Waals surface area contributed by atoms with E-state index >= 15 is 0 Å². The molecule has 5 rings (SSSR count). The fourth-order valence-electron chi connectivity index (χ4n) is 4.65. The maximum atomic E-state index is 5.89. The van der Waals surface area contributed by atoms with Crippen LogP contribution in [0, 0.1) is 20.8 Å². The summed E-state index contributed by atoms with van der Waals surface area (Å²) in [7, 11) is 0. The van der Waals surface area contributed by atoms with Crippen molar-refractivity contribution in [3.63, 3.8) is 0 Å². The van der Waals surface area contributed by atoms with Crippen LogP contribution in [0.1, 0.15) is 40.3 Å². The number of hydrogen-bond donors (Lipinski definition) is 1. The lowest BCUT2D eigenvalue weighted by Crippen LogP contribution is -2.29. The van der Waals surface area contributed by atoms with Crippen LogP contribution in [0.4, 0.5) is 5.69 Å². The van der Waals surface area contributed by atoms with E-state index in [1.807, 2.05) is 42.7 Å². The average molecular weight is 518 g/mol. The minimum absolute atomic E-state index is 0.0587. The number of hydrogen-bond acceptors (Lipinski definition) is 3. The van der Waals surface area contributed by atoms with Crippen LogP contribution in [0.3, 0.4) is 0 Å². The molecule has 0 spiro atoms. The number of anilines is 1. The van der Waals surface area contributed by atoms with Gasteiger partial charge in [-0.25, -0.2) is 4.98 Å². The molecule has 0 bridgehead atoms. The largest absolute Gasteiger partial charge is 0.351 e. The van der Waals surface area contributed by atoms with Crippen LogP contribution in [0.5, 0.6) is 0 Å². The van der Waals surface area contributed by atoms with Gasteiger partial charge in [-0.2, -0.15) is 0 Å². The SMILES string of the molecule is Cc1cc(N2C(=S)NC(c3ccccn3)C2c2cc(C)n(-c3ccccn3)c2C)ccc1Br. The van der Waals surface area contributed by atoms with E-state index in [9.17, 15) is 0 Å². The van der Waals surface area contributed by atoms with Gasteiger partial charge in [-0.15, -0.1) is 0 Å². The zero-order valence-electron chi connectivity index (χ0n) is 18.7. The van der Waals surface area contributed by atoms with Crippen molar-refractivity contribution in [2.75, 3.05) is 4.90 Å². The van der Waals surface area contributed by atoms with Crippen LogP contribution in [-0.4, -0.2) is 19.6 Å². The van der Waals surface area contributed by atoms with Crippen LogP contribution in [0.2, 0.25) is 0 Å². The molecule has 1 aliphatic heterocycles. The number of pyridine rings is 2. The molecule has 0 saturated carbocycles. The summed E-state index contributed by atoms with van der Waals surface area (Å²) < 4.78 is 3.28. The fraction of sp³-hybridized carbons (Fsp3) is 0.192. The highest BCUT2D eigenvalue weighted by molar-refractivity contribution is 9.10. The molecule has 4 heterocycles. The summed E-state index contributed by atoms with van der Waals surface area (Å²) in [4.78, 5) is 11.5. The first kappa shape index (κ1) is 21.8. The van der Waals surface area contributed by atoms with Crippen molar-refractivity contribution in [1.29, 1.82) is 0 Å². The lowest BCUT2D eigenvalue weighted by molar-refractivity contribution is 0.565. The number of aromatic nitrogens is 3. The van der Waals surface area contributed by atoms with E-state index in [0.29, 0.717) is 5.11 Å². The highest BCUT2D eigenvalue weighted by Crippen LogP contribution is 2.44. The summed E-state index contributed by atoms with van der Waals surface area (Å²) >= 11 is 9.51. The summed E-state index contributed by atoms with van der Waals surface area (Å²) in [6, 6.07) is 20.5. The van der Waals surface area contributed by atoms with Gasteiger partial charge < -0.3 is 14.8 Å². The van der Waals surface area contributed by atoms with E-state index in [1.165, 1.54) is 5.56 Å². The lowest BCUT2D eigenvalue weighted by Gasteiger charge is -2.28. The maximum Gasteiger partial charge on any atom is 0.174 e. The Morgan fingerprint density at radius 3 is 2.36 bits per heavy atom. The number of aryl methyl sites for hydroxylation is 2. The van der Waals surface area contributed by atoms with Gasteiger partial charge in [0.15, 0.2) is 5.11 Å². The number of halogens is 1. The van der Waals surface area contributed by atoms with Crippen LogP contribution < -0.4 is 10.2 Å². The second-order valence-electron chi connectivity index (χ2n) is 8.28. The molecule has 1 fully saturated rings. The van der Waals surface area contributed by atoms with Crippen molar-refractivity contribution in [2.24, 2.45) is 0 Å². The van der Waals surface area contributed by atoms with E-state index in [1.54, 1.807) is 0 Å². The molecule has 1 aromatic carbocycles.